The van der Waals surface area contributed by atoms with Gasteiger partial charge in [-0.1, -0.05) is 31.3 Å². The molecule has 6 heteroatoms. The molecule has 1 aromatic heterocycles. The van der Waals surface area contributed by atoms with Gasteiger partial charge in [0.05, 0.1) is 0 Å². The third kappa shape index (κ3) is 3.97. The first-order chi connectivity index (χ1) is 6.83. The minimum absolute atomic E-state index is 0.116. The Labute approximate surface area is 82.4 Å². The first kappa shape index (κ1) is 10.6. The topological polar surface area (TPSA) is 89.9 Å². The summed E-state index contributed by atoms with van der Waals surface area (Å²) in [6.07, 6.45) is 4.75. The first-order valence-corrected chi connectivity index (χ1v) is 4.81. The average molecular weight is 196 g/mol. The maximum atomic E-state index is 11.2. The molecule has 0 unspecified atom stereocenters. The predicted molar refractivity (Wildman–Crippen MR) is 50.0 cm³/mol. The largest absolute Gasteiger partial charge is 0.862 e. The number of rotatable bonds is 6. The minimum Gasteiger partial charge on any atom is -0.862 e. The zero-order valence-electron chi connectivity index (χ0n) is 8.23. The van der Waals surface area contributed by atoms with E-state index in [1.807, 2.05) is 0 Å². The van der Waals surface area contributed by atoms with Crippen LogP contribution in [0.25, 0.3) is 0 Å². The normalized spacial score (nSPS) is 11.9. The second-order valence-electron chi connectivity index (χ2n) is 3.03. The highest BCUT2D eigenvalue weighted by atomic mass is 16.3. The molecular formula is C8H14N5O-. The van der Waals surface area contributed by atoms with E-state index < -0.39 is 0 Å². The van der Waals surface area contributed by atoms with Crippen LogP contribution >= 0.6 is 0 Å². The SMILES string of the molecule is CCCCCCC([O-])=Nc1nn[nH]n1. The second-order valence-corrected chi connectivity index (χ2v) is 3.03. The van der Waals surface area contributed by atoms with Crippen LogP contribution in [0.4, 0.5) is 5.95 Å². The first-order valence-electron chi connectivity index (χ1n) is 4.81. The van der Waals surface area contributed by atoms with Gasteiger partial charge in [0.1, 0.15) is 0 Å². The Morgan fingerprint density at radius 3 is 2.93 bits per heavy atom. The molecule has 1 N–H and O–H groups in total. The van der Waals surface area contributed by atoms with Crippen molar-refractivity contribution in [3.8, 4) is 0 Å². The van der Waals surface area contributed by atoms with Gasteiger partial charge in [-0.05, 0) is 24.0 Å². The Kier molecular flexibility index (Phi) is 4.60. The van der Waals surface area contributed by atoms with Crippen LogP contribution in [-0.2, 0) is 0 Å². The van der Waals surface area contributed by atoms with Crippen molar-refractivity contribution in [2.24, 2.45) is 4.99 Å². The van der Waals surface area contributed by atoms with Crippen molar-refractivity contribution in [2.45, 2.75) is 39.0 Å². The van der Waals surface area contributed by atoms with Gasteiger partial charge in [0.2, 0.25) is 0 Å². The van der Waals surface area contributed by atoms with Gasteiger partial charge in [0.25, 0.3) is 5.95 Å². The summed E-state index contributed by atoms with van der Waals surface area (Å²) in [4.78, 5) is 3.66. The fourth-order valence-electron chi connectivity index (χ4n) is 1.07. The molecule has 0 fully saturated rings. The lowest BCUT2D eigenvalue weighted by Gasteiger charge is -2.07. The van der Waals surface area contributed by atoms with Crippen LogP contribution < -0.4 is 5.11 Å². The number of H-pyrrole nitrogens is 1. The van der Waals surface area contributed by atoms with Crippen LogP contribution in [0.15, 0.2) is 4.99 Å². The Balaban J connectivity index is 2.24. The van der Waals surface area contributed by atoms with Crippen LogP contribution in [0, 0.1) is 0 Å². The van der Waals surface area contributed by atoms with Crippen molar-refractivity contribution in [2.75, 3.05) is 0 Å². The number of aromatic nitrogens is 4. The molecule has 0 aromatic carbocycles. The summed E-state index contributed by atoms with van der Waals surface area (Å²) < 4.78 is 0. The third-order valence-electron chi connectivity index (χ3n) is 1.80. The maximum absolute atomic E-state index is 11.2. The highest BCUT2D eigenvalue weighted by molar-refractivity contribution is 5.73. The van der Waals surface area contributed by atoms with Crippen LogP contribution in [0.5, 0.6) is 0 Å². The zero-order chi connectivity index (χ0) is 10.2. The molecule has 1 heterocycles. The summed E-state index contributed by atoms with van der Waals surface area (Å²) in [6, 6.07) is 0. The molecule has 0 spiro atoms. The fourth-order valence-corrected chi connectivity index (χ4v) is 1.07. The highest BCUT2D eigenvalue weighted by Gasteiger charge is 1.93. The van der Waals surface area contributed by atoms with Crippen molar-refractivity contribution < 1.29 is 5.11 Å². The number of nitrogens with one attached hydrogen (secondary N) is 1. The monoisotopic (exact) mass is 196 g/mol. The van der Waals surface area contributed by atoms with E-state index in [9.17, 15) is 5.11 Å². The number of hydrogen-bond donors (Lipinski definition) is 1. The maximum Gasteiger partial charge on any atom is 0.287 e. The molecule has 78 valence electrons. The summed E-state index contributed by atoms with van der Waals surface area (Å²) in [7, 11) is 0. The van der Waals surface area contributed by atoms with E-state index in [-0.39, 0.29) is 11.8 Å². The molecule has 0 saturated heterocycles. The van der Waals surface area contributed by atoms with Crippen molar-refractivity contribution >= 4 is 11.8 Å². The van der Waals surface area contributed by atoms with Gasteiger partial charge >= 0.3 is 0 Å². The Hall–Kier alpha value is -1.46. The Morgan fingerprint density at radius 2 is 2.29 bits per heavy atom. The van der Waals surface area contributed by atoms with Crippen molar-refractivity contribution in [1.82, 2.24) is 20.6 Å². The fraction of sp³-hybridized carbons (Fsp3) is 0.750. The van der Waals surface area contributed by atoms with Gasteiger partial charge in [-0.15, -0.1) is 5.10 Å². The highest BCUT2D eigenvalue weighted by Crippen LogP contribution is 2.04. The third-order valence-corrected chi connectivity index (χ3v) is 1.80. The van der Waals surface area contributed by atoms with Crippen molar-refractivity contribution in [1.29, 1.82) is 0 Å². The van der Waals surface area contributed by atoms with E-state index in [4.69, 9.17) is 0 Å². The minimum atomic E-state index is -0.178. The number of hydrogen-bond acceptors (Lipinski definition) is 5. The number of aromatic amines is 1. The van der Waals surface area contributed by atoms with Crippen LogP contribution in [0.1, 0.15) is 39.0 Å². The molecule has 0 aliphatic heterocycles. The van der Waals surface area contributed by atoms with Gasteiger partial charge in [-0.25, -0.2) is 4.99 Å². The van der Waals surface area contributed by atoms with E-state index in [0.717, 1.165) is 25.7 Å². The summed E-state index contributed by atoms with van der Waals surface area (Å²) in [5, 5.41) is 23.9. The van der Waals surface area contributed by atoms with E-state index in [2.05, 4.69) is 32.5 Å². The van der Waals surface area contributed by atoms with E-state index >= 15 is 0 Å². The lowest BCUT2D eigenvalue weighted by atomic mass is 10.1. The van der Waals surface area contributed by atoms with Crippen LogP contribution in [-0.4, -0.2) is 26.5 Å². The molecular weight excluding hydrogens is 182 g/mol. The number of tetrazole rings is 1. The molecule has 0 amide bonds. The molecule has 14 heavy (non-hydrogen) atoms. The van der Waals surface area contributed by atoms with Gasteiger partial charge in [0, 0.05) is 0 Å². The van der Waals surface area contributed by atoms with Crippen molar-refractivity contribution in [3.63, 3.8) is 0 Å². The molecule has 6 nitrogen and oxygen atoms in total. The number of aliphatic imine (C=N–C) groups is 1. The lowest BCUT2D eigenvalue weighted by Crippen LogP contribution is -2.16. The summed E-state index contributed by atoms with van der Waals surface area (Å²) in [6.45, 7) is 2.13. The molecule has 0 bridgehead atoms. The van der Waals surface area contributed by atoms with Gasteiger partial charge in [0.15, 0.2) is 0 Å². The molecule has 1 aromatic rings. The predicted octanol–water partition coefficient (Wildman–Crippen LogP) is 0.560. The molecule has 0 aliphatic carbocycles. The number of nitrogens with zero attached hydrogens (tertiary/aromatic N) is 4. The molecule has 0 radical (unpaired) electrons. The van der Waals surface area contributed by atoms with Gasteiger partial charge in [-0.2, -0.15) is 5.21 Å². The Morgan fingerprint density at radius 1 is 1.43 bits per heavy atom. The average Bonchev–Trinajstić information content (AvgIpc) is 2.65. The van der Waals surface area contributed by atoms with Crippen molar-refractivity contribution in [3.05, 3.63) is 0 Å². The summed E-state index contributed by atoms with van der Waals surface area (Å²) >= 11 is 0. The zero-order valence-corrected chi connectivity index (χ0v) is 8.23. The van der Waals surface area contributed by atoms with E-state index in [1.165, 1.54) is 0 Å². The van der Waals surface area contributed by atoms with Gasteiger partial charge in [-0.3, -0.25) is 0 Å². The summed E-state index contributed by atoms with van der Waals surface area (Å²) in [5.74, 6) is -0.0620. The van der Waals surface area contributed by atoms with E-state index in [1.54, 1.807) is 0 Å². The lowest BCUT2D eigenvalue weighted by molar-refractivity contribution is -0.218. The Bertz CT molecular complexity index is 269. The van der Waals surface area contributed by atoms with Gasteiger partial charge < -0.3 is 5.11 Å². The molecule has 0 saturated carbocycles. The van der Waals surface area contributed by atoms with Crippen LogP contribution in [0.2, 0.25) is 0 Å². The molecule has 0 atom stereocenters. The smallest absolute Gasteiger partial charge is 0.287 e. The quantitative estimate of drug-likeness (QED) is 0.409. The van der Waals surface area contributed by atoms with Crippen LogP contribution in [0.3, 0.4) is 0 Å². The number of unbranched alkanes of at least 4 members (excludes halogenated alkanes) is 3. The summed E-state index contributed by atoms with van der Waals surface area (Å²) in [5.41, 5.74) is 0. The standard InChI is InChI=1S/C8H15N5O/c1-2-3-4-5-6-7(14)9-8-10-12-13-11-8/h2-6H2,1H3,(H2,9,10,11,12,13,14)/p-1. The van der Waals surface area contributed by atoms with E-state index in [0.29, 0.717) is 6.42 Å². The second kappa shape index (κ2) is 6.06. The molecule has 0 aliphatic rings. The molecule has 1 rings (SSSR count).